The van der Waals surface area contributed by atoms with Crippen LogP contribution in [0, 0.1) is 6.92 Å². The first-order valence-electron chi connectivity index (χ1n) is 5.60. The number of aryl methyl sites for hydroxylation is 1. The van der Waals surface area contributed by atoms with E-state index >= 15 is 0 Å². The van der Waals surface area contributed by atoms with Crippen molar-refractivity contribution in [3.05, 3.63) is 28.8 Å². The Morgan fingerprint density at radius 3 is 2.82 bits per heavy atom. The molecule has 0 heterocycles. The van der Waals surface area contributed by atoms with Gasteiger partial charge >= 0.3 is 5.97 Å². The van der Waals surface area contributed by atoms with Crippen LogP contribution in [0.25, 0.3) is 0 Å². The first-order chi connectivity index (χ1) is 8.00. The van der Waals surface area contributed by atoms with E-state index in [1.807, 2.05) is 0 Å². The van der Waals surface area contributed by atoms with Gasteiger partial charge in [0.05, 0.1) is 7.11 Å². The molecule has 1 N–H and O–H groups in total. The summed E-state index contributed by atoms with van der Waals surface area (Å²) in [5.41, 5.74) is -0.615. The molecule has 1 aromatic carbocycles. The number of fused-ring (bicyclic) bond motifs is 1. The molecule has 0 bridgehead atoms. The third-order valence-corrected chi connectivity index (χ3v) is 3.38. The van der Waals surface area contributed by atoms with Gasteiger partial charge in [-0.3, -0.25) is 0 Å². The second-order valence-corrected chi connectivity index (χ2v) is 4.40. The number of halogens is 1. The van der Waals surface area contributed by atoms with E-state index in [4.69, 9.17) is 9.84 Å². The number of hydrogen-bond acceptors (Lipinski definition) is 2. The summed E-state index contributed by atoms with van der Waals surface area (Å²) in [5.74, 6) is -0.830. The molecule has 3 nitrogen and oxygen atoms in total. The van der Waals surface area contributed by atoms with Crippen LogP contribution in [0.15, 0.2) is 12.1 Å². The summed E-state index contributed by atoms with van der Waals surface area (Å²) < 4.78 is 19.8. The largest absolute Gasteiger partial charge is 0.496 e. The first-order valence-corrected chi connectivity index (χ1v) is 5.60. The number of carboxylic acid groups (broad SMARTS) is 1. The van der Waals surface area contributed by atoms with Gasteiger partial charge in [-0.25, -0.2) is 9.18 Å². The quantitative estimate of drug-likeness (QED) is 0.861. The maximum atomic E-state index is 14.6. The molecule has 92 valence electrons. The standard InChI is InChI=1S/C13H15FO3/c1-8-5-6-10(17-2)9-4-3-7-13(14,11(8)9)12(15)16/h5-6H,3-4,7H2,1-2H3,(H,15,16). The first kappa shape index (κ1) is 11.9. The third-order valence-electron chi connectivity index (χ3n) is 3.38. The van der Waals surface area contributed by atoms with Gasteiger partial charge in [0, 0.05) is 11.1 Å². The molecule has 4 heteroatoms. The predicted octanol–water partition coefficient (Wildman–Crippen LogP) is 2.59. The summed E-state index contributed by atoms with van der Waals surface area (Å²) in [7, 11) is 1.51. The van der Waals surface area contributed by atoms with Crippen molar-refractivity contribution >= 4 is 5.97 Å². The van der Waals surface area contributed by atoms with E-state index in [-0.39, 0.29) is 12.0 Å². The lowest BCUT2D eigenvalue weighted by molar-refractivity contribution is -0.152. The van der Waals surface area contributed by atoms with E-state index in [1.165, 1.54) is 7.11 Å². The van der Waals surface area contributed by atoms with Gasteiger partial charge in [-0.2, -0.15) is 0 Å². The van der Waals surface area contributed by atoms with E-state index in [1.54, 1.807) is 19.1 Å². The molecule has 1 aliphatic carbocycles. The van der Waals surface area contributed by atoms with Gasteiger partial charge in [0.15, 0.2) is 0 Å². The van der Waals surface area contributed by atoms with Crippen molar-refractivity contribution in [2.24, 2.45) is 0 Å². The lowest BCUT2D eigenvalue weighted by Gasteiger charge is -2.31. The maximum Gasteiger partial charge on any atom is 0.346 e. The lowest BCUT2D eigenvalue weighted by atomic mass is 9.78. The molecular formula is C13H15FO3. The molecule has 0 radical (unpaired) electrons. The highest BCUT2D eigenvalue weighted by Gasteiger charge is 2.46. The Labute approximate surface area is 99.2 Å². The van der Waals surface area contributed by atoms with Crippen LogP contribution in [0.5, 0.6) is 5.75 Å². The van der Waals surface area contributed by atoms with Crippen molar-refractivity contribution in [3.63, 3.8) is 0 Å². The van der Waals surface area contributed by atoms with Gasteiger partial charge in [-0.1, -0.05) is 6.07 Å². The van der Waals surface area contributed by atoms with Gasteiger partial charge in [-0.05, 0) is 37.8 Å². The molecule has 0 amide bonds. The van der Waals surface area contributed by atoms with Gasteiger partial charge in [0.2, 0.25) is 5.67 Å². The van der Waals surface area contributed by atoms with Gasteiger partial charge in [0.1, 0.15) is 5.75 Å². The van der Waals surface area contributed by atoms with Gasteiger partial charge < -0.3 is 9.84 Å². The Morgan fingerprint density at radius 2 is 2.24 bits per heavy atom. The fourth-order valence-electron chi connectivity index (χ4n) is 2.58. The number of methoxy groups -OCH3 is 1. The number of hydrogen-bond donors (Lipinski definition) is 1. The summed E-state index contributed by atoms with van der Waals surface area (Å²) >= 11 is 0. The number of carboxylic acids is 1. The summed E-state index contributed by atoms with van der Waals surface area (Å²) in [5, 5.41) is 9.12. The van der Waals surface area contributed by atoms with Crippen LogP contribution in [0.3, 0.4) is 0 Å². The molecule has 1 aromatic rings. The molecule has 0 aromatic heterocycles. The Bertz CT molecular complexity index is 470. The Balaban J connectivity index is 2.69. The zero-order valence-corrected chi connectivity index (χ0v) is 9.92. The molecule has 0 spiro atoms. The Morgan fingerprint density at radius 1 is 1.53 bits per heavy atom. The highest BCUT2D eigenvalue weighted by Crippen LogP contribution is 2.44. The van der Waals surface area contributed by atoms with Crippen LogP contribution in [0.4, 0.5) is 4.39 Å². The zero-order valence-electron chi connectivity index (χ0n) is 9.92. The fourth-order valence-corrected chi connectivity index (χ4v) is 2.58. The maximum absolute atomic E-state index is 14.6. The summed E-state index contributed by atoms with van der Waals surface area (Å²) in [4.78, 5) is 11.2. The number of alkyl halides is 1. The SMILES string of the molecule is COc1ccc(C)c2c1CCCC2(F)C(=O)O. The minimum absolute atomic E-state index is 0.0311. The van der Waals surface area contributed by atoms with Crippen molar-refractivity contribution in [2.45, 2.75) is 31.9 Å². The van der Waals surface area contributed by atoms with E-state index in [0.29, 0.717) is 29.7 Å². The Kier molecular flexibility index (Phi) is 2.81. The smallest absolute Gasteiger partial charge is 0.346 e. The minimum atomic E-state index is -2.27. The van der Waals surface area contributed by atoms with Gasteiger partial charge in [-0.15, -0.1) is 0 Å². The predicted molar refractivity (Wildman–Crippen MR) is 61.1 cm³/mol. The van der Waals surface area contributed by atoms with Crippen LogP contribution in [-0.4, -0.2) is 18.2 Å². The zero-order chi connectivity index (χ0) is 12.6. The molecule has 1 unspecified atom stereocenters. The van der Waals surface area contributed by atoms with Crippen LogP contribution in [0.1, 0.15) is 29.5 Å². The second kappa shape index (κ2) is 4.02. The fraction of sp³-hybridized carbons (Fsp3) is 0.462. The average molecular weight is 238 g/mol. The minimum Gasteiger partial charge on any atom is -0.496 e. The van der Waals surface area contributed by atoms with Crippen LogP contribution < -0.4 is 4.74 Å². The number of aliphatic carboxylic acids is 1. The van der Waals surface area contributed by atoms with Crippen molar-refractivity contribution in [1.29, 1.82) is 0 Å². The van der Waals surface area contributed by atoms with Crippen molar-refractivity contribution in [2.75, 3.05) is 7.11 Å². The molecule has 1 atom stereocenters. The van der Waals surface area contributed by atoms with E-state index in [2.05, 4.69) is 0 Å². The number of ether oxygens (including phenoxy) is 1. The number of benzene rings is 1. The monoisotopic (exact) mass is 238 g/mol. The molecule has 2 rings (SSSR count). The summed E-state index contributed by atoms with van der Waals surface area (Å²) in [6, 6.07) is 3.47. The van der Waals surface area contributed by atoms with Crippen LogP contribution in [0.2, 0.25) is 0 Å². The third kappa shape index (κ3) is 1.68. The average Bonchev–Trinajstić information content (AvgIpc) is 2.29. The molecule has 0 saturated carbocycles. The number of carbonyl (C=O) groups is 1. The van der Waals surface area contributed by atoms with Gasteiger partial charge in [0.25, 0.3) is 0 Å². The van der Waals surface area contributed by atoms with Crippen LogP contribution >= 0.6 is 0 Å². The van der Waals surface area contributed by atoms with Crippen LogP contribution in [-0.2, 0) is 16.9 Å². The highest BCUT2D eigenvalue weighted by atomic mass is 19.1. The molecule has 17 heavy (non-hydrogen) atoms. The van der Waals surface area contributed by atoms with Crippen molar-refractivity contribution in [3.8, 4) is 5.75 Å². The second-order valence-electron chi connectivity index (χ2n) is 4.40. The molecule has 1 aliphatic rings. The van der Waals surface area contributed by atoms with E-state index in [0.717, 1.165) is 0 Å². The summed E-state index contributed by atoms with van der Waals surface area (Å²) in [6.07, 6.45) is 1.22. The van der Waals surface area contributed by atoms with Crippen molar-refractivity contribution < 1.29 is 19.0 Å². The highest BCUT2D eigenvalue weighted by molar-refractivity contribution is 5.81. The molecule has 0 saturated heterocycles. The van der Waals surface area contributed by atoms with E-state index in [9.17, 15) is 9.18 Å². The normalized spacial score (nSPS) is 23.0. The lowest BCUT2D eigenvalue weighted by Crippen LogP contribution is -2.35. The molecule has 0 fully saturated rings. The van der Waals surface area contributed by atoms with Crippen molar-refractivity contribution in [1.82, 2.24) is 0 Å². The van der Waals surface area contributed by atoms with E-state index < -0.39 is 11.6 Å². The molecular weight excluding hydrogens is 223 g/mol. The Hall–Kier alpha value is -1.58. The topological polar surface area (TPSA) is 46.5 Å². The molecule has 0 aliphatic heterocycles. The number of rotatable bonds is 2. The summed E-state index contributed by atoms with van der Waals surface area (Å²) in [6.45, 7) is 1.74.